The molecule has 0 saturated carbocycles. The lowest BCUT2D eigenvalue weighted by molar-refractivity contribution is -0.287. The molecule has 0 spiro atoms. The van der Waals surface area contributed by atoms with Crippen LogP contribution in [-0.2, 0) is 0 Å². The molecule has 1 saturated heterocycles. The number of nitrogens with one attached hydrogen (secondary N) is 2. The second-order valence-corrected chi connectivity index (χ2v) is 8.09. The molecule has 1 fully saturated rings. The van der Waals surface area contributed by atoms with Crippen molar-refractivity contribution in [2.24, 2.45) is 5.92 Å². The second-order valence-electron chi connectivity index (χ2n) is 7.15. The first-order valence-corrected chi connectivity index (χ1v) is 10.4. The van der Waals surface area contributed by atoms with Crippen LogP contribution in [0.1, 0.15) is 21.3 Å². The molecule has 2 amide bonds. The van der Waals surface area contributed by atoms with Gasteiger partial charge in [0.1, 0.15) is 17.4 Å². The molecule has 32 heavy (non-hydrogen) atoms. The van der Waals surface area contributed by atoms with Gasteiger partial charge in [-0.2, -0.15) is 13.2 Å². The molecule has 0 radical (unpaired) electrons. The Hall–Kier alpha value is -3.37. The summed E-state index contributed by atoms with van der Waals surface area (Å²) in [7, 11) is 0. The van der Waals surface area contributed by atoms with Crippen molar-refractivity contribution in [2.75, 3.05) is 0 Å². The number of thiophene rings is 1. The number of hydrogen-bond donors (Lipinski definition) is 3. The Balaban J connectivity index is 1.77. The zero-order chi connectivity index (χ0) is 22.9. The highest BCUT2D eigenvalue weighted by Crippen LogP contribution is 2.44. The van der Waals surface area contributed by atoms with Gasteiger partial charge in [0, 0.05) is 0 Å². The van der Waals surface area contributed by atoms with E-state index in [2.05, 4.69) is 5.32 Å². The van der Waals surface area contributed by atoms with Crippen LogP contribution in [-0.4, -0.2) is 28.8 Å². The van der Waals surface area contributed by atoms with Crippen LogP contribution in [0.5, 0.6) is 11.5 Å². The fraction of sp³-hybridized carbons (Fsp3) is 0.182. The SMILES string of the molecule is O=C1N[C@@H](c2cccc(Oc3ccccc3)c2)[C@H](C(=O)c2cccs2)[C@@](O)(C(F)(F)F)N1. The number of rotatable bonds is 5. The number of benzene rings is 2. The summed E-state index contributed by atoms with van der Waals surface area (Å²) < 4.78 is 47.6. The standard InChI is InChI=1S/C22H17F3N2O4S/c23-22(24,25)21(30)17(19(28)16-10-5-11-32-16)18(26-20(29)27-21)13-6-4-9-15(12-13)31-14-7-2-1-3-8-14/h1-12,17-18,30H,(H2,26,27,29)/t17-,18+,21-/m1/s1. The first-order chi connectivity index (χ1) is 15.2. The first kappa shape index (κ1) is 21.8. The molecule has 0 unspecified atom stereocenters. The molecule has 166 valence electrons. The van der Waals surface area contributed by atoms with Crippen LogP contribution in [0.2, 0.25) is 0 Å². The number of para-hydroxylation sites is 1. The Labute approximate surface area is 184 Å². The van der Waals surface area contributed by atoms with Gasteiger partial charge in [-0.25, -0.2) is 4.79 Å². The molecule has 1 aliphatic heterocycles. The monoisotopic (exact) mass is 462 g/mol. The first-order valence-electron chi connectivity index (χ1n) is 9.47. The van der Waals surface area contributed by atoms with Crippen LogP contribution in [0.15, 0.2) is 72.1 Å². The number of amides is 2. The summed E-state index contributed by atoms with van der Waals surface area (Å²) in [6, 6.07) is 14.9. The molecule has 2 heterocycles. The van der Waals surface area contributed by atoms with Gasteiger partial charge in [-0.15, -0.1) is 11.3 Å². The highest BCUT2D eigenvalue weighted by molar-refractivity contribution is 7.12. The van der Waals surface area contributed by atoms with E-state index in [0.29, 0.717) is 11.5 Å². The van der Waals surface area contributed by atoms with Gasteiger partial charge in [0.15, 0.2) is 5.78 Å². The van der Waals surface area contributed by atoms with Crippen molar-refractivity contribution in [1.82, 2.24) is 10.6 Å². The Morgan fingerprint density at radius 1 is 1.03 bits per heavy atom. The maximum atomic E-state index is 13.9. The van der Waals surface area contributed by atoms with Crippen molar-refractivity contribution >= 4 is 23.2 Å². The lowest BCUT2D eigenvalue weighted by Crippen LogP contribution is -2.72. The lowest BCUT2D eigenvalue weighted by atomic mass is 9.78. The summed E-state index contributed by atoms with van der Waals surface area (Å²) in [5, 5.41) is 16.0. The summed E-state index contributed by atoms with van der Waals surface area (Å²) in [6.45, 7) is 0. The van der Waals surface area contributed by atoms with Crippen molar-refractivity contribution in [3.05, 3.63) is 82.6 Å². The molecule has 4 rings (SSSR count). The number of urea groups is 1. The van der Waals surface area contributed by atoms with Gasteiger partial charge in [-0.1, -0.05) is 36.4 Å². The average molecular weight is 462 g/mol. The molecular formula is C22H17F3N2O4S. The number of halogens is 3. The number of alkyl halides is 3. The van der Waals surface area contributed by atoms with Crippen molar-refractivity contribution in [3.8, 4) is 11.5 Å². The highest BCUT2D eigenvalue weighted by Gasteiger charge is 2.66. The molecule has 1 aliphatic rings. The predicted octanol–water partition coefficient (Wildman–Crippen LogP) is 4.64. The predicted molar refractivity (Wildman–Crippen MR) is 111 cm³/mol. The molecule has 0 aliphatic carbocycles. The number of ether oxygens (including phenoxy) is 1. The van der Waals surface area contributed by atoms with Crippen LogP contribution in [0, 0.1) is 5.92 Å². The van der Waals surface area contributed by atoms with Crippen molar-refractivity contribution in [3.63, 3.8) is 0 Å². The maximum absolute atomic E-state index is 13.9. The molecule has 1 aromatic heterocycles. The number of ketones is 1. The largest absolute Gasteiger partial charge is 0.457 e. The quantitative estimate of drug-likeness (QED) is 0.482. The number of carbonyl (C=O) groups is 2. The minimum Gasteiger partial charge on any atom is -0.457 e. The minimum atomic E-state index is -5.31. The van der Waals surface area contributed by atoms with E-state index in [0.717, 1.165) is 11.3 Å². The fourth-order valence-electron chi connectivity index (χ4n) is 3.58. The Morgan fingerprint density at radius 2 is 1.75 bits per heavy atom. The number of aliphatic hydroxyl groups is 1. The van der Waals surface area contributed by atoms with E-state index < -0.39 is 35.7 Å². The van der Waals surface area contributed by atoms with Crippen molar-refractivity contribution in [2.45, 2.75) is 17.9 Å². The van der Waals surface area contributed by atoms with Crippen molar-refractivity contribution < 1.29 is 32.6 Å². The van der Waals surface area contributed by atoms with Crippen LogP contribution in [0.25, 0.3) is 0 Å². The summed E-state index contributed by atoms with van der Waals surface area (Å²) >= 11 is 0.946. The van der Waals surface area contributed by atoms with E-state index in [9.17, 15) is 27.9 Å². The van der Waals surface area contributed by atoms with Crippen LogP contribution in [0.4, 0.5) is 18.0 Å². The summed E-state index contributed by atoms with van der Waals surface area (Å²) in [4.78, 5) is 25.3. The third-order valence-corrected chi connectivity index (χ3v) is 5.93. The molecule has 6 nitrogen and oxygen atoms in total. The van der Waals surface area contributed by atoms with Gasteiger partial charge in [0.25, 0.3) is 0 Å². The van der Waals surface area contributed by atoms with Crippen molar-refractivity contribution in [1.29, 1.82) is 0 Å². The third-order valence-electron chi connectivity index (χ3n) is 5.05. The minimum absolute atomic E-state index is 0.0253. The summed E-state index contributed by atoms with van der Waals surface area (Å²) in [6.07, 6.45) is -5.31. The maximum Gasteiger partial charge on any atom is 0.437 e. The van der Waals surface area contributed by atoms with Gasteiger partial charge in [-0.05, 0) is 41.3 Å². The van der Waals surface area contributed by atoms with E-state index in [1.165, 1.54) is 41.0 Å². The smallest absolute Gasteiger partial charge is 0.437 e. The summed E-state index contributed by atoms with van der Waals surface area (Å²) in [5.74, 6) is -2.24. The molecule has 2 aromatic carbocycles. The average Bonchev–Trinajstić information content (AvgIpc) is 3.28. The lowest BCUT2D eigenvalue weighted by Gasteiger charge is -2.44. The normalized spacial score (nSPS) is 23.2. The van der Waals surface area contributed by atoms with E-state index in [4.69, 9.17) is 4.74 Å². The van der Waals surface area contributed by atoms with E-state index in [1.54, 1.807) is 36.4 Å². The second kappa shape index (κ2) is 8.29. The van der Waals surface area contributed by atoms with E-state index in [1.807, 2.05) is 0 Å². The van der Waals surface area contributed by atoms with Gasteiger partial charge in [-0.3, -0.25) is 4.79 Å². The zero-order valence-electron chi connectivity index (χ0n) is 16.3. The van der Waals surface area contributed by atoms with E-state index in [-0.39, 0.29) is 10.4 Å². The molecule has 0 bridgehead atoms. The Bertz CT molecular complexity index is 1120. The number of Topliss-reactive ketones (excluding diaryl/α,β-unsaturated/α-hetero) is 1. The number of carbonyl (C=O) groups excluding carboxylic acids is 2. The molecule has 3 N–H and O–H groups in total. The van der Waals surface area contributed by atoms with Crippen LogP contribution in [0.3, 0.4) is 0 Å². The topological polar surface area (TPSA) is 87.7 Å². The number of hydrogen-bond acceptors (Lipinski definition) is 5. The Morgan fingerprint density at radius 3 is 2.41 bits per heavy atom. The third kappa shape index (κ3) is 4.06. The van der Waals surface area contributed by atoms with E-state index >= 15 is 0 Å². The molecule has 3 atom stereocenters. The van der Waals surface area contributed by atoms with Crippen LogP contribution >= 0.6 is 11.3 Å². The van der Waals surface area contributed by atoms with Gasteiger partial charge in [0.2, 0.25) is 5.72 Å². The highest BCUT2D eigenvalue weighted by atomic mass is 32.1. The molecule has 3 aromatic rings. The van der Waals surface area contributed by atoms with Gasteiger partial charge >= 0.3 is 12.2 Å². The van der Waals surface area contributed by atoms with Gasteiger partial charge in [0.05, 0.1) is 10.9 Å². The summed E-state index contributed by atoms with van der Waals surface area (Å²) in [5.41, 5.74) is -3.59. The molecule has 10 heteroatoms. The van der Waals surface area contributed by atoms with Gasteiger partial charge < -0.3 is 20.5 Å². The fourth-order valence-corrected chi connectivity index (χ4v) is 4.29. The molecular weight excluding hydrogens is 445 g/mol. The van der Waals surface area contributed by atoms with Crippen LogP contribution < -0.4 is 15.4 Å². The Kier molecular flexibility index (Phi) is 5.66. The zero-order valence-corrected chi connectivity index (χ0v) is 17.1.